The summed E-state index contributed by atoms with van der Waals surface area (Å²) >= 11 is 2.19. The van der Waals surface area contributed by atoms with Crippen molar-refractivity contribution in [1.82, 2.24) is 0 Å². The van der Waals surface area contributed by atoms with Gasteiger partial charge in [-0.2, -0.15) is 0 Å². The third-order valence-electron chi connectivity index (χ3n) is 3.42. The maximum absolute atomic E-state index is 11.3. The SMILES string of the molecule is O=C1CC2(CCS(=O)(=O)CC2)C(CI)O1. The first kappa shape index (κ1) is 11.6. The highest BCUT2D eigenvalue weighted by molar-refractivity contribution is 14.1. The van der Waals surface area contributed by atoms with Gasteiger partial charge in [0.1, 0.15) is 15.9 Å². The number of rotatable bonds is 1. The highest BCUT2D eigenvalue weighted by Crippen LogP contribution is 2.45. The highest BCUT2D eigenvalue weighted by Gasteiger charge is 2.50. The molecular formula is C9H13IO4S. The number of cyclic esters (lactones) is 1. The molecule has 0 bridgehead atoms. The molecule has 2 fully saturated rings. The Kier molecular flexibility index (Phi) is 3.00. The van der Waals surface area contributed by atoms with Gasteiger partial charge in [-0.05, 0) is 12.8 Å². The van der Waals surface area contributed by atoms with E-state index in [-0.39, 0.29) is 29.0 Å². The van der Waals surface area contributed by atoms with Crippen molar-refractivity contribution in [3.05, 3.63) is 0 Å². The van der Waals surface area contributed by atoms with Gasteiger partial charge in [0.2, 0.25) is 0 Å². The fourth-order valence-electron chi connectivity index (χ4n) is 2.37. The van der Waals surface area contributed by atoms with Crippen LogP contribution in [-0.2, 0) is 19.4 Å². The number of ether oxygens (including phenoxy) is 1. The molecule has 0 aromatic carbocycles. The van der Waals surface area contributed by atoms with E-state index in [9.17, 15) is 13.2 Å². The Balaban J connectivity index is 2.18. The first-order valence-electron chi connectivity index (χ1n) is 4.93. The van der Waals surface area contributed by atoms with E-state index in [2.05, 4.69) is 22.6 Å². The van der Waals surface area contributed by atoms with Crippen LogP contribution in [0, 0.1) is 5.41 Å². The van der Waals surface area contributed by atoms with E-state index < -0.39 is 9.84 Å². The van der Waals surface area contributed by atoms with Crippen LogP contribution in [0.3, 0.4) is 0 Å². The summed E-state index contributed by atoms with van der Waals surface area (Å²) < 4.78 is 28.7. The van der Waals surface area contributed by atoms with Crippen LogP contribution in [0.4, 0.5) is 0 Å². The van der Waals surface area contributed by atoms with Crippen LogP contribution in [0.5, 0.6) is 0 Å². The van der Waals surface area contributed by atoms with Crippen LogP contribution in [-0.4, -0.2) is 36.4 Å². The van der Waals surface area contributed by atoms with Gasteiger partial charge in [-0.1, -0.05) is 22.6 Å². The summed E-state index contributed by atoms with van der Waals surface area (Å²) in [5.41, 5.74) is -0.191. The first-order valence-corrected chi connectivity index (χ1v) is 8.28. The molecule has 0 saturated carbocycles. The van der Waals surface area contributed by atoms with Crippen LogP contribution < -0.4 is 0 Å². The Labute approximate surface area is 103 Å². The molecule has 2 saturated heterocycles. The van der Waals surface area contributed by atoms with Gasteiger partial charge in [0.15, 0.2) is 0 Å². The molecule has 2 aliphatic heterocycles. The largest absolute Gasteiger partial charge is 0.461 e. The molecule has 0 aromatic heterocycles. The third kappa shape index (κ3) is 2.15. The summed E-state index contributed by atoms with van der Waals surface area (Å²) in [6.45, 7) is 0. The zero-order valence-electron chi connectivity index (χ0n) is 8.24. The minimum Gasteiger partial charge on any atom is -0.461 e. The Morgan fingerprint density at radius 2 is 2.00 bits per heavy atom. The van der Waals surface area contributed by atoms with Crippen LogP contribution in [0.2, 0.25) is 0 Å². The van der Waals surface area contributed by atoms with Crippen molar-refractivity contribution in [2.45, 2.75) is 25.4 Å². The van der Waals surface area contributed by atoms with Crippen molar-refractivity contribution in [1.29, 1.82) is 0 Å². The molecule has 2 rings (SSSR count). The molecule has 1 atom stereocenters. The predicted octanol–water partition coefficient (Wildman–Crippen LogP) is 0.932. The number of hydrogen-bond acceptors (Lipinski definition) is 4. The lowest BCUT2D eigenvalue weighted by atomic mass is 9.76. The highest BCUT2D eigenvalue weighted by atomic mass is 127. The Morgan fingerprint density at radius 1 is 1.40 bits per heavy atom. The van der Waals surface area contributed by atoms with Gasteiger partial charge in [0.05, 0.1) is 17.9 Å². The molecule has 1 spiro atoms. The van der Waals surface area contributed by atoms with Gasteiger partial charge < -0.3 is 4.74 Å². The smallest absolute Gasteiger partial charge is 0.306 e. The summed E-state index contributed by atoms with van der Waals surface area (Å²) in [6.07, 6.45) is 1.47. The Hall–Kier alpha value is 0.150. The number of carbonyl (C=O) groups is 1. The molecule has 0 amide bonds. The second-order valence-corrected chi connectivity index (χ2v) is 7.51. The number of esters is 1. The lowest BCUT2D eigenvalue weighted by Crippen LogP contribution is -2.40. The van der Waals surface area contributed by atoms with Crippen LogP contribution in [0.25, 0.3) is 0 Å². The lowest BCUT2D eigenvalue weighted by Gasteiger charge is -2.35. The van der Waals surface area contributed by atoms with E-state index >= 15 is 0 Å². The summed E-state index contributed by atoms with van der Waals surface area (Å²) in [4.78, 5) is 11.3. The first-order chi connectivity index (χ1) is 6.97. The molecule has 2 aliphatic rings. The standard InChI is InChI=1S/C9H13IO4S/c10-6-7-9(5-8(11)14-7)1-3-15(12,13)4-2-9/h7H,1-6H2. The van der Waals surface area contributed by atoms with Crippen molar-refractivity contribution >= 4 is 38.4 Å². The quantitative estimate of drug-likeness (QED) is 0.403. The van der Waals surface area contributed by atoms with Crippen molar-refractivity contribution in [2.24, 2.45) is 5.41 Å². The second kappa shape index (κ2) is 3.87. The normalized spacial score (nSPS) is 32.9. The fourth-order valence-corrected chi connectivity index (χ4v) is 5.12. The zero-order valence-corrected chi connectivity index (χ0v) is 11.2. The van der Waals surface area contributed by atoms with Gasteiger partial charge in [0, 0.05) is 9.84 Å². The second-order valence-electron chi connectivity index (χ2n) is 4.32. The number of sulfone groups is 1. The molecule has 2 heterocycles. The molecular weight excluding hydrogens is 331 g/mol. The molecule has 15 heavy (non-hydrogen) atoms. The van der Waals surface area contributed by atoms with Crippen LogP contribution in [0.15, 0.2) is 0 Å². The lowest BCUT2D eigenvalue weighted by molar-refractivity contribution is -0.140. The molecule has 86 valence electrons. The van der Waals surface area contributed by atoms with Crippen LogP contribution >= 0.6 is 22.6 Å². The minimum absolute atomic E-state index is 0.0823. The van der Waals surface area contributed by atoms with Gasteiger partial charge in [0.25, 0.3) is 0 Å². The average molecular weight is 344 g/mol. The topological polar surface area (TPSA) is 60.4 Å². The fraction of sp³-hybridized carbons (Fsp3) is 0.889. The Morgan fingerprint density at radius 3 is 2.53 bits per heavy atom. The molecule has 1 unspecified atom stereocenters. The van der Waals surface area contributed by atoms with E-state index in [1.807, 2.05) is 0 Å². The summed E-state index contributed by atoms with van der Waals surface area (Å²) in [5, 5.41) is 0. The van der Waals surface area contributed by atoms with E-state index in [1.54, 1.807) is 0 Å². The maximum Gasteiger partial charge on any atom is 0.306 e. The van der Waals surface area contributed by atoms with Gasteiger partial charge in [-0.3, -0.25) is 4.79 Å². The third-order valence-corrected chi connectivity index (χ3v) is 5.87. The van der Waals surface area contributed by atoms with E-state index in [0.29, 0.717) is 19.3 Å². The van der Waals surface area contributed by atoms with Crippen molar-refractivity contribution in [2.75, 3.05) is 15.9 Å². The molecule has 4 nitrogen and oxygen atoms in total. The predicted molar refractivity (Wildman–Crippen MR) is 63.7 cm³/mol. The minimum atomic E-state index is -2.86. The monoisotopic (exact) mass is 344 g/mol. The number of hydrogen-bond donors (Lipinski definition) is 0. The van der Waals surface area contributed by atoms with Crippen LogP contribution in [0.1, 0.15) is 19.3 Å². The molecule has 0 aromatic rings. The summed E-state index contributed by atoms with van der Waals surface area (Å²) in [6, 6.07) is 0. The summed E-state index contributed by atoms with van der Waals surface area (Å²) in [7, 11) is -2.86. The van der Waals surface area contributed by atoms with E-state index in [1.165, 1.54) is 0 Å². The van der Waals surface area contributed by atoms with E-state index in [0.717, 1.165) is 4.43 Å². The maximum atomic E-state index is 11.3. The Bertz CT molecular complexity index is 362. The summed E-state index contributed by atoms with van der Waals surface area (Å²) in [5.74, 6) is 0.240. The number of halogens is 1. The molecule has 0 radical (unpaired) electrons. The van der Waals surface area contributed by atoms with Crippen molar-refractivity contribution in [3.63, 3.8) is 0 Å². The molecule has 0 aliphatic carbocycles. The van der Waals surface area contributed by atoms with Gasteiger partial charge in [-0.15, -0.1) is 0 Å². The van der Waals surface area contributed by atoms with Crippen molar-refractivity contribution in [3.8, 4) is 0 Å². The number of carbonyl (C=O) groups excluding carboxylic acids is 1. The zero-order chi connectivity index (χ0) is 11.1. The molecule has 0 N–H and O–H groups in total. The van der Waals surface area contributed by atoms with Gasteiger partial charge >= 0.3 is 5.97 Å². The van der Waals surface area contributed by atoms with E-state index in [4.69, 9.17) is 4.74 Å². The average Bonchev–Trinajstić information content (AvgIpc) is 2.49. The molecule has 6 heteroatoms. The number of alkyl halides is 1. The van der Waals surface area contributed by atoms with Gasteiger partial charge in [-0.25, -0.2) is 8.42 Å². The van der Waals surface area contributed by atoms with Crippen molar-refractivity contribution < 1.29 is 17.9 Å².